The van der Waals surface area contributed by atoms with E-state index in [1.807, 2.05) is 0 Å². The van der Waals surface area contributed by atoms with E-state index in [4.69, 9.17) is 9.63 Å². The molecule has 0 fully saturated rings. The minimum atomic E-state index is -1.11. The molecule has 1 rings (SSSR count). The molecule has 0 bridgehead atoms. The van der Waals surface area contributed by atoms with Gasteiger partial charge in [-0.3, -0.25) is 4.79 Å². The molecule has 0 saturated heterocycles. The first-order valence-corrected chi connectivity index (χ1v) is 5.43. The molecule has 1 aromatic rings. The standard InChI is InChI=1S/C11H16N2O5/c1-6(11-7(2)13-18-8(11)3)12-9(14)4-17-5-10(15)16/h6H,4-5H2,1-3H3,(H,12,14)(H,15,16). The summed E-state index contributed by atoms with van der Waals surface area (Å²) in [6.45, 7) is 4.56. The van der Waals surface area contributed by atoms with Crippen LogP contribution in [0.5, 0.6) is 0 Å². The molecule has 0 saturated carbocycles. The zero-order chi connectivity index (χ0) is 13.7. The van der Waals surface area contributed by atoms with Gasteiger partial charge in [-0.05, 0) is 20.8 Å². The van der Waals surface area contributed by atoms with Crippen molar-refractivity contribution in [1.29, 1.82) is 0 Å². The van der Waals surface area contributed by atoms with Crippen molar-refractivity contribution in [2.24, 2.45) is 0 Å². The SMILES string of the molecule is Cc1noc(C)c1C(C)NC(=O)COCC(=O)O. The molecule has 1 atom stereocenters. The molecule has 7 nitrogen and oxygen atoms in total. The van der Waals surface area contributed by atoms with Gasteiger partial charge in [0, 0.05) is 5.56 Å². The van der Waals surface area contributed by atoms with Crippen molar-refractivity contribution in [2.45, 2.75) is 26.8 Å². The highest BCUT2D eigenvalue weighted by Gasteiger charge is 2.18. The lowest BCUT2D eigenvalue weighted by Gasteiger charge is -2.13. The van der Waals surface area contributed by atoms with Crippen molar-refractivity contribution >= 4 is 11.9 Å². The Kier molecular flexibility index (Phi) is 4.85. The monoisotopic (exact) mass is 256 g/mol. The van der Waals surface area contributed by atoms with Crippen molar-refractivity contribution in [2.75, 3.05) is 13.2 Å². The smallest absolute Gasteiger partial charge is 0.329 e. The summed E-state index contributed by atoms with van der Waals surface area (Å²) < 4.78 is 9.69. The van der Waals surface area contributed by atoms with Crippen LogP contribution in [0.2, 0.25) is 0 Å². The van der Waals surface area contributed by atoms with Crippen LogP contribution in [0.4, 0.5) is 0 Å². The fourth-order valence-electron chi connectivity index (χ4n) is 1.69. The lowest BCUT2D eigenvalue weighted by Crippen LogP contribution is -2.31. The van der Waals surface area contributed by atoms with Crippen LogP contribution in [0.3, 0.4) is 0 Å². The first-order valence-electron chi connectivity index (χ1n) is 5.43. The Morgan fingerprint density at radius 1 is 1.44 bits per heavy atom. The number of rotatable bonds is 6. The first-order chi connectivity index (χ1) is 8.41. The molecule has 7 heteroatoms. The van der Waals surface area contributed by atoms with E-state index in [1.165, 1.54) is 0 Å². The van der Waals surface area contributed by atoms with Gasteiger partial charge in [-0.2, -0.15) is 0 Å². The summed E-state index contributed by atoms with van der Waals surface area (Å²) in [6.07, 6.45) is 0. The minimum Gasteiger partial charge on any atom is -0.480 e. The average molecular weight is 256 g/mol. The minimum absolute atomic E-state index is 0.267. The highest BCUT2D eigenvalue weighted by Crippen LogP contribution is 2.20. The zero-order valence-corrected chi connectivity index (χ0v) is 10.5. The van der Waals surface area contributed by atoms with Crippen LogP contribution in [0.15, 0.2) is 4.52 Å². The molecule has 100 valence electrons. The first kappa shape index (κ1) is 14.2. The van der Waals surface area contributed by atoms with E-state index >= 15 is 0 Å². The van der Waals surface area contributed by atoms with Gasteiger partial charge in [0.25, 0.3) is 0 Å². The molecule has 0 spiro atoms. The lowest BCUT2D eigenvalue weighted by atomic mass is 10.1. The fourth-order valence-corrected chi connectivity index (χ4v) is 1.69. The third-order valence-electron chi connectivity index (χ3n) is 2.36. The Hall–Kier alpha value is -1.89. The number of carbonyl (C=O) groups is 2. The van der Waals surface area contributed by atoms with E-state index in [2.05, 4.69) is 15.2 Å². The fraction of sp³-hybridized carbons (Fsp3) is 0.545. The van der Waals surface area contributed by atoms with Gasteiger partial charge in [-0.15, -0.1) is 0 Å². The highest BCUT2D eigenvalue weighted by molar-refractivity contribution is 5.78. The van der Waals surface area contributed by atoms with Crippen LogP contribution in [0.25, 0.3) is 0 Å². The summed E-state index contributed by atoms with van der Waals surface area (Å²) in [6, 6.07) is -0.267. The average Bonchev–Trinajstić information content (AvgIpc) is 2.57. The maximum atomic E-state index is 11.5. The number of carboxylic acids is 1. The molecule has 1 heterocycles. The molecule has 18 heavy (non-hydrogen) atoms. The number of carbonyl (C=O) groups excluding carboxylic acids is 1. The number of ether oxygens (including phenoxy) is 1. The van der Waals surface area contributed by atoms with Crippen LogP contribution in [-0.4, -0.2) is 35.4 Å². The molecule has 2 N–H and O–H groups in total. The summed E-state index contributed by atoms with van der Waals surface area (Å²) >= 11 is 0. The number of carboxylic acid groups (broad SMARTS) is 1. The Labute approximate surface area is 104 Å². The summed E-state index contributed by atoms with van der Waals surface area (Å²) in [5.74, 6) is -0.850. The highest BCUT2D eigenvalue weighted by atomic mass is 16.5. The number of aromatic nitrogens is 1. The second-order valence-corrected chi connectivity index (χ2v) is 3.91. The van der Waals surface area contributed by atoms with Gasteiger partial charge in [0.1, 0.15) is 19.0 Å². The number of aryl methyl sites for hydroxylation is 2. The van der Waals surface area contributed by atoms with E-state index in [1.54, 1.807) is 20.8 Å². The summed E-state index contributed by atoms with van der Waals surface area (Å²) in [5, 5.41) is 14.8. The maximum absolute atomic E-state index is 11.5. The van der Waals surface area contributed by atoms with Crippen molar-refractivity contribution in [3.05, 3.63) is 17.0 Å². The number of nitrogens with one attached hydrogen (secondary N) is 1. The maximum Gasteiger partial charge on any atom is 0.329 e. The van der Waals surface area contributed by atoms with Crippen LogP contribution in [0.1, 0.15) is 30.0 Å². The van der Waals surface area contributed by atoms with Crippen LogP contribution in [0, 0.1) is 13.8 Å². The van der Waals surface area contributed by atoms with Gasteiger partial charge in [0.15, 0.2) is 0 Å². The van der Waals surface area contributed by atoms with E-state index < -0.39 is 12.6 Å². The Morgan fingerprint density at radius 2 is 2.11 bits per heavy atom. The number of hydrogen-bond donors (Lipinski definition) is 2. The molecular weight excluding hydrogens is 240 g/mol. The van der Waals surface area contributed by atoms with Crippen molar-refractivity contribution in [3.8, 4) is 0 Å². The van der Waals surface area contributed by atoms with E-state index in [0.717, 1.165) is 5.56 Å². The molecular formula is C11H16N2O5. The van der Waals surface area contributed by atoms with Gasteiger partial charge in [-0.25, -0.2) is 4.79 Å². The predicted molar refractivity (Wildman–Crippen MR) is 61.0 cm³/mol. The van der Waals surface area contributed by atoms with Gasteiger partial charge in [0.05, 0.1) is 11.7 Å². The van der Waals surface area contributed by atoms with Gasteiger partial charge < -0.3 is 19.7 Å². The predicted octanol–water partition coefficient (Wildman–Crippen LogP) is 0.570. The molecule has 0 aliphatic heterocycles. The number of aliphatic carboxylic acids is 1. The summed E-state index contributed by atoms with van der Waals surface area (Å²) in [7, 11) is 0. The molecule has 0 radical (unpaired) electrons. The molecule has 0 aliphatic carbocycles. The molecule has 1 amide bonds. The largest absolute Gasteiger partial charge is 0.480 e. The van der Waals surface area contributed by atoms with Crippen LogP contribution >= 0.6 is 0 Å². The topological polar surface area (TPSA) is 102 Å². The van der Waals surface area contributed by atoms with E-state index in [-0.39, 0.29) is 18.6 Å². The van der Waals surface area contributed by atoms with Crippen molar-refractivity contribution < 1.29 is 24.0 Å². The molecule has 1 aromatic heterocycles. The normalized spacial score (nSPS) is 12.2. The second-order valence-electron chi connectivity index (χ2n) is 3.91. The molecule has 1 unspecified atom stereocenters. The van der Waals surface area contributed by atoms with Gasteiger partial charge in [-0.1, -0.05) is 5.16 Å². The lowest BCUT2D eigenvalue weighted by molar-refractivity contribution is -0.143. The third-order valence-corrected chi connectivity index (χ3v) is 2.36. The Morgan fingerprint density at radius 3 is 2.61 bits per heavy atom. The van der Waals surface area contributed by atoms with Gasteiger partial charge >= 0.3 is 5.97 Å². The third kappa shape index (κ3) is 3.85. The van der Waals surface area contributed by atoms with Crippen molar-refractivity contribution in [3.63, 3.8) is 0 Å². The Balaban J connectivity index is 2.47. The number of nitrogens with zero attached hydrogens (tertiary/aromatic N) is 1. The quantitative estimate of drug-likeness (QED) is 0.771. The van der Waals surface area contributed by atoms with E-state index in [9.17, 15) is 9.59 Å². The summed E-state index contributed by atoms with van der Waals surface area (Å²) in [4.78, 5) is 21.7. The van der Waals surface area contributed by atoms with Crippen LogP contribution < -0.4 is 5.32 Å². The number of amides is 1. The zero-order valence-electron chi connectivity index (χ0n) is 10.5. The molecule has 0 aliphatic rings. The van der Waals surface area contributed by atoms with Crippen molar-refractivity contribution in [1.82, 2.24) is 10.5 Å². The van der Waals surface area contributed by atoms with E-state index in [0.29, 0.717) is 11.5 Å². The molecule has 0 aromatic carbocycles. The number of hydrogen-bond acceptors (Lipinski definition) is 5. The summed E-state index contributed by atoms with van der Waals surface area (Å²) in [5.41, 5.74) is 1.54. The Bertz CT molecular complexity index is 421. The van der Waals surface area contributed by atoms with Crippen LogP contribution in [-0.2, 0) is 14.3 Å². The second kappa shape index (κ2) is 6.15. The van der Waals surface area contributed by atoms with Gasteiger partial charge in [0.2, 0.25) is 5.91 Å².